The SMILES string of the molecule is CCc1ccc(N2CC(C(=O)Nc3c(C(=O)N4CCOCC4)oc4ccccc34)CC2=O)cc1. The Morgan fingerprint density at radius 1 is 1.06 bits per heavy atom. The van der Waals surface area contributed by atoms with Crippen molar-refractivity contribution in [1.29, 1.82) is 0 Å². The Bertz CT molecular complexity index is 1230. The van der Waals surface area contributed by atoms with Crippen LogP contribution in [-0.4, -0.2) is 55.5 Å². The minimum Gasteiger partial charge on any atom is -0.449 e. The van der Waals surface area contributed by atoms with Crippen molar-refractivity contribution in [2.24, 2.45) is 5.92 Å². The zero-order valence-electron chi connectivity index (χ0n) is 19.1. The van der Waals surface area contributed by atoms with Crippen LogP contribution in [0.25, 0.3) is 11.0 Å². The maximum Gasteiger partial charge on any atom is 0.291 e. The van der Waals surface area contributed by atoms with Crippen molar-refractivity contribution in [3.8, 4) is 0 Å². The van der Waals surface area contributed by atoms with E-state index in [1.807, 2.05) is 42.5 Å². The van der Waals surface area contributed by atoms with Crippen LogP contribution in [0.5, 0.6) is 0 Å². The Labute approximate surface area is 197 Å². The molecule has 2 saturated heterocycles. The zero-order chi connectivity index (χ0) is 23.7. The van der Waals surface area contributed by atoms with E-state index in [1.54, 1.807) is 15.9 Å². The van der Waals surface area contributed by atoms with Crippen LogP contribution in [-0.2, 0) is 20.7 Å². The van der Waals surface area contributed by atoms with Crippen LogP contribution >= 0.6 is 0 Å². The van der Waals surface area contributed by atoms with E-state index in [0.717, 1.165) is 12.1 Å². The Kier molecular flexibility index (Phi) is 6.06. The fourth-order valence-corrected chi connectivity index (χ4v) is 4.50. The Morgan fingerprint density at radius 2 is 1.79 bits per heavy atom. The number of furan rings is 1. The van der Waals surface area contributed by atoms with E-state index >= 15 is 0 Å². The molecule has 0 aliphatic carbocycles. The number of anilines is 2. The molecular weight excluding hydrogens is 434 g/mol. The van der Waals surface area contributed by atoms with Crippen LogP contribution in [0, 0.1) is 5.92 Å². The van der Waals surface area contributed by atoms with E-state index in [4.69, 9.17) is 9.15 Å². The molecule has 5 rings (SSSR count). The molecule has 34 heavy (non-hydrogen) atoms. The summed E-state index contributed by atoms with van der Waals surface area (Å²) in [5, 5.41) is 3.57. The number of ether oxygens (including phenoxy) is 1. The molecule has 0 saturated carbocycles. The fourth-order valence-electron chi connectivity index (χ4n) is 4.50. The molecule has 1 aromatic heterocycles. The second kappa shape index (κ2) is 9.30. The maximum atomic E-state index is 13.3. The van der Waals surface area contributed by atoms with Crippen LogP contribution in [0.15, 0.2) is 52.9 Å². The molecule has 176 valence electrons. The first-order valence-electron chi connectivity index (χ1n) is 11.6. The summed E-state index contributed by atoms with van der Waals surface area (Å²) in [6.45, 7) is 4.23. The predicted octanol–water partition coefficient (Wildman–Crippen LogP) is 3.46. The van der Waals surface area contributed by atoms with E-state index in [0.29, 0.717) is 49.5 Å². The number of para-hydroxylation sites is 1. The van der Waals surface area contributed by atoms with E-state index < -0.39 is 5.92 Å². The van der Waals surface area contributed by atoms with Crippen molar-refractivity contribution < 1.29 is 23.5 Å². The highest BCUT2D eigenvalue weighted by molar-refractivity contribution is 6.12. The second-order valence-corrected chi connectivity index (χ2v) is 8.62. The molecule has 8 nitrogen and oxygen atoms in total. The van der Waals surface area contributed by atoms with E-state index in [1.165, 1.54) is 5.56 Å². The predicted molar refractivity (Wildman–Crippen MR) is 128 cm³/mol. The molecule has 1 atom stereocenters. The first-order chi connectivity index (χ1) is 16.5. The quantitative estimate of drug-likeness (QED) is 0.628. The van der Waals surface area contributed by atoms with Gasteiger partial charge in [0.25, 0.3) is 5.91 Å². The minimum absolute atomic E-state index is 0.0916. The number of nitrogens with one attached hydrogen (secondary N) is 1. The zero-order valence-corrected chi connectivity index (χ0v) is 19.1. The van der Waals surface area contributed by atoms with Crippen molar-refractivity contribution in [2.45, 2.75) is 19.8 Å². The summed E-state index contributed by atoms with van der Waals surface area (Å²) < 4.78 is 11.2. The molecule has 2 aromatic carbocycles. The number of aryl methyl sites for hydroxylation is 1. The third kappa shape index (κ3) is 4.17. The molecule has 1 unspecified atom stereocenters. The molecule has 3 heterocycles. The van der Waals surface area contributed by atoms with Gasteiger partial charge in [0.05, 0.1) is 19.1 Å². The number of morpholine rings is 1. The average Bonchev–Trinajstić information content (AvgIpc) is 3.45. The molecule has 0 spiro atoms. The fraction of sp³-hybridized carbons (Fsp3) is 0.346. The molecule has 2 fully saturated rings. The number of nitrogens with zero attached hydrogens (tertiary/aromatic N) is 2. The third-order valence-electron chi connectivity index (χ3n) is 6.49. The van der Waals surface area contributed by atoms with Crippen molar-refractivity contribution in [3.05, 3.63) is 59.9 Å². The van der Waals surface area contributed by atoms with Crippen molar-refractivity contribution in [1.82, 2.24) is 4.90 Å². The van der Waals surface area contributed by atoms with Gasteiger partial charge in [-0.2, -0.15) is 0 Å². The summed E-state index contributed by atoms with van der Waals surface area (Å²) in [7, 11) is 0. The highest BCUT2D eigenvalue weighted by Gasteiger charge is 2.36. The highest BCUT2D eigenvalue weighted by Crippen LogP contribution is 2.33. The van der Waals surface area contributed by atoms with Crippen molar-refractivity contribution >= 4 is 40.1 Å². The van der Waals surface area contributed by atoms with Gasteiger partial charge < -0.3 is 24.3 Å². The van der Waals surface area contributed by atoms with Gasteiger partial charge in [-0.1, -0.05) is 31.2 Å². The smallest absolute Gasteiger partial charge is 0.291 e. The number of benzene rings is 2. The summed E-state index contributed by atoms with van der Waals surface area (Å²) in [4.78, 5) is 42.5. The van der Waals surface area contributed by atoms with Crippen LogP contribution in [0.1, 0.15) is 29.5 Å². The maximum absolute atomic E-state index is 13.3. The standard InChI is InChI=1S/C26H27N3O5/c1-2-17-7-9-19(10-8-17)29-16-18(15-22(29)30)25(31)27-23-20-5-3-4-6-21(20)34-24(23)26(32)28-11-13-33-14-12-28/h3-10,18H,2,11-16H2,1H3,(H,27,31). The molecule has 3 amide bonds. The molecule has 8 heteroatoms. The molecule has 2 aliphatic rings. The van der Waals surface area contributed by atoms with Crippen molar-refractivity contribution in [2.75, 3.05) is 43.1 Å². The Morgan fingerprint density at radius 3 is 2.53 bits per heavy atom. The molecule has 1 N–H and O–H groups in total. The lowest BCUT2D eigenvalue weighted by molar-refractivity contribution is -0.122. The molecule has 0 radical (unpaired) electrons. The van der Waals surface area contributed by atoms with Gasteiger partial charge in [0.1, 0.15) is 11.3 Å². The van der Waals surface area contributed by atoms with Gasteiger partial charge in [0, 0.05) is 37.1 Å². The topological polar surface area (TPSA) is 92.1 Å². The number of hydrogen-bond donors (Lipinski definition) is 1. The number of amides is 3. The number of rotatable bonds is 5. The summed E-state index contributed by atoms with van der Waals surface area (Å²) >= 11 is 0. The van der Waals surface area contributed by atoms with E-state index in [9.17, 15) is 14.4 Å². The number of fused-ring (bicyclic) bond motifs is 1. The molecule has 0 bridgehead atoms. The monoisotopic (exact) mass is 461 g/mol. The normalized spacial score (nSPS) is 18.5. The number of carbonyl (C=O) groups excluding carboxylic acids is 3. The first-order valence-corrected chi connectivity index (χ1v) is 11.6. The van der Waals surface area contributed by atoms with E-state index in [-0.39, 0.29) is 29.9 Å². The largest absolute Gasteiger partial charge is 0.449 e. The van der Waals surface area contributed by atoms with Gasteiger partial charge >= 0.3 is 0 Å². The lowest BCUT2D eigenvalue weighted by atomic mass is 10.1. The average molecular weight is 462 g/mol. The first kappa shape index (κ1) is 22.2. The third-order valence-corrected chi connectivity index (χ3v) is 6.49. The summed E-state index contributed by atoms with van der Waals surface area (Å²) in [6.07, 6.45) is 1.04. The van der Waals surface area contributed by atoms with Gasteiger partial charge in [-0.3, -0.25) is 14.4 Å². The lowest BCUT2D eigenvalue weighted by Crippen LogP contribution is -2.40. The minimum atomic E-state index is -0.529. The van der Waals surface area contributed by atoms with Gasteiger partial charge in [-0.25, -0.2) is 0 Å². The molecule has 2 aliphatic heterocycles. The van der Waals surface area contributed by atoms with Gasteiger partial charge in [-0.05, 0) is 36.2 Å². The van der Waals surface area contributed by atoms with Gasteiger partial charge in [0.2, 0.25) is 17.6 Å². The van der Waals surface area contributed by atoms with E-state index in [2.05, 4.69) is 12.2 Å². The summed E-state index contributed by atoms with van der Waals surface area (Å²) in [5.41, 5.74) is 2.85. The highest BCUT2D eigenvalue weighted by atomic mass is 16.5. The lowest BCUT2D eigenvalue weighted by Gasteiger charge is -2.26. The number of carbonyl (C=O) groups is 3. The second-order valence-electron chi connectivity index (χ2n) is 8.62. The van der Waals surface area contributed by atoms with Crippen LogP contribution in [0.3, 0.4) is 0 Å². The van der Waals surface area contributed by atoms with Gasteiger partial charge in [-0.15, -0.1) is 0 Å². The van der Waals surface area contributed by atoms with Crippen LogP contribution in [0.2, 0.25) is 0 Å². The summed E-state index contributed by atoms with van der Waals surface area (Å²) in [6, 6.07) is 15.1. The Hall–Kier alpha value is -3.65. The van der Waals surface area contributed by atoms with Gasteiger partial charge in [0.15, 0.2) is 0 Å². The number of hydrogen-bond acceptors (Lipinski definition) is 5. The molecular formula is C26H27N3O5. The van der Waals surface area contributed by atoms with Crippen LogP contribution in [0.4, 0.5) is 11.4 Å². The van der Waals surface area contributed by atoms with Crippen LogP contribution < -0.4 is 10.2 Å². The Balaban J connectivity index is 1.38. The summed E-state index contributed by atoms with van der Waals surface area (Å²) in [5.74, 6) is -1.10. The van der Waals surface area contributed by atoms with Crippen molar-refractivity contribution in [3.63, 3.8) is 0 Å². The molecule has 3 aromatic rings.